The third-order valence-corrected chi connectivity index (χ3v) is 6.56. The normalized spacial score (nSPS) is 25.7. The van der Waals surface area contributed by atoms with Crippen LogP contribution in [0.15, 0.2) is 41.8 Å². The third-order valence-electron chi connectivity index (χ3n) is 5.48. The molecule has 0 saturated carbocycles. The summed E-state index contributed by atoms with van der Waals surface area (Å²) >= 11 is 7.33. The minimum absolute atomic E-state index is 0.236. The molecule has 3 nitrogen and oxygen atoms in total. The van der Waals surface area contributed by atoms with Crippen LogP contribution in [-0.2, 0) is 6.54 Å². The van der Waals surface area contributed by atoms with Gasteiger partial charge in [-0.15, -0.1) is 11.3 Å². The van der Waals surface area contributed by atoms with Gasteiger partial charge in [0.05, 0.1) is 0 Å². The van der Waals surface area contributed by atoms with Crippen LogP contribution in [0.5, 0.6) is 0 Å². The fourth-order valence-electron chi connectivity index (χ4n) is 4.32. The maximum Gasteiger partial charge on any atom is 0.170 e. The van der Waals surface area contributed by atoms with Gasteiger partial charge in [-0.3, -0.25) is 4.90 Å². The smallest absolute Gasteiger partial charge is 0.170 e. The first-order valence-electron chi connectivity index (χ1n) is 9.28. The van der Waals surface area contributed by atoms with E-state index in [0.717, 1.165) is 25.1 Å². The second-order valence-corrected chi connectivity index (χ2v) is 8.70. The summed E-state index contributed by atoms with van der Waals surface area (Å²) in [6.07, 6.45) is 6.15. The molecule has 0 amide bonds. The zero-order valence-corrected chi connectivity index (χ0v) is 16.3. The summed E-state index contributed by atoms with van der Waals surface area (Å²) in [6.45, 7) is 1.08. The molecule has 2 aliphatic heterocycles. The minimum Gasteiger partial charge on any atom is -0.360 e. The van der Waals surface area contributed by atoms with Gasteiger partial charge < -0.3 is 10.6 Å². The monoisotopic (exact) mass is 389 g/mol. The maximum atomic E-state index is 13.0. The second kappa shape index (κ2) is 8.03. The van der Waals surface area contributed by atoms with E-state index in [-0.39, 0.29) is 5.82 Å². The van der Waals surface area contributed by atoms with E-state index in [1.54, 1.807) is 12.1 Å². The van der Waals surface area contributed by atoms with E-state index < -0.39 is 0 Å². The Morgan fingerprint density at radius 3 is 2.54 bits per heavy atom. The average Bonchev–Trinajstić information content (AvgIpc) is 3.11. The number of thiophene rings is 1. The second-order valence-electron chi connectivity index (χ2n) is 7.26. The highest BCUT2D eigenvalue weighted by Crippen LogP contribution is 2.35. The Balaban J connectivity index is 1.34. The predicted molar refractivity (Wildman–Crippen MR) is 110 cm³/mol. The van der Waals surface area contributed by atoms with Crippen molar-refractivity contribution in [2.75, 3.05) is 5.32 Å². The van der Waals surface area contributed by atoms with Gasteiger partial charge in [0.15, 0.2) is 5.11 Å². The first kappa shape index (κ1) is 17.9. The first-order chi connectivity index (χ1) is 12.7. The molecule has 2 aromatic rings. The highest BCUT2D eigenvalue weighted by Gasteiger charge is 2.38. The molecular weight excluding hydrogens is 365 g/mol. The zero-order chi connectivity index (χ0) is 17.9. The summed E-state index contributed by atoms with van der Waals surface area (Å²) in [5.74, 6) is -0.236. The van der Waals surface area contributed by atoms with Crippen LogP contribution >= 0.6 is 23.6 Å². The molecule has 138 valence electrons. The van der Waals surface area contributed by atoms with E-state index in [9.17, 15) is 4.39 Å². The summed E-state index contributed by atoms with van der Waals surface area (Å²) < 4.78 is 13.0. The highest BCUT2D eigenvalue weighted by atomic mass is 32.1. The number of rotatable bonds is 4. The van der Waals surface area contributed by atoms with Crippen LogP contribution in [0.1, 0.15) is 37.0 Å². The molecule has 2 atom stereocenters. The van der Waals surface area contributed by atoms with Crippen LogP contribution in [-0.4, -0.2) is 28.1 Å². The molecule has 2 bridgehead atoms. The van der Waals surface area contributed by atoms with E-state index in [0.29, 0.717) is 23.2 Å². The van der Waals surface area contributed by atoms with Gasteiger partial charge in [0.2, 0.25) is 0 Å². The van der Waals surface area contributed by atoms with E-state index >= 15 is 0 Å². The van der Waals surface area contributed by atoms with Gasteiger partial charge >= 0.3 is 0 Å². The third kappa shape index (κ3) is 4.24. The quantitative estimate of drug-likeness (QED) is 0.738. The van der Waals surface area contributed by atoms with Crippen molar-refractivity contribution in [2.45, 2.75) is 56.8 Å². The first-order valence-corrected chi connectivity index (χ1v) is 10.6. The van der Waals surface area contributed by atoms with Crippen molar-refractivity contribution in [3.63, 3.8) is 0 Å². The van der Waals surface area contributed by atoms with E-state index in [1.807, 2.05) is 11.3 Å². The number of benzene rings is 1. The van der Waals surface area contributed by atoms with Gasteiger partial charge in [0.25, 0.3) is 0 Å². The molecule has 2 fully saturated rings. The number of thiocarbonyl (C=S) groups is 1. The van der Waals surface area contributed by atoms with Gasteiger partial charge in [-0.05, 0) is 73.6 Å². The Bertz CT molecular complexity index is 718. The molecule has 26 heavy (non-hydrogen) atoms. The molecule has 3 heterocycles. The summed E-state index contributed by atoms with van der Waals surface area (Å²) in [5.41, 5.74) is 0.819. The standard InChI is InChI=1S/C20H24FN3S2/c21-14-6-8-15(9-7-14)22-20(25)23-16-11-17-3-1-4-18(12-16)24(17)13-19-5-2-10-26-19/h2,5-10,16-18H,1,3-4,11-13H2,(H2,22,23,25)/t17-,18-/m1/s1. The minimum atomic E-state index is -0.236. The maximum absolute atomic E-state index is 13.0. The van der Waals surface area contributed by atoms with Crippen molar-refractivity contribution in [1.29, 1.82) is 0 Å². The highest BCUT2D eigenvalue weighted by molar-refractivity contribution is 7.80. The predicted octanol–water partition coefficient (Wildman–Crippen LogP) is 4.76. The topological polar surface area (TPSA) is 27.3 Å². The summed E-state index contributed by atoms with van der Waals surface area (Å²) in [7, 11) is 0. The van der Waals surface area contributed by atoms with Crippen molar-refractivity contribution in [1.82, 2.24) is 10.2 Å². The fourth-order valence-corrected chi connectivity index (χ4v) is 5.32. The number of fused-ring (bicyclic) bond motifs is 2. The fraction of sp³-hybridized carbons (Fsp3) is 0.450. The summed E-state index contributed by atoms with van der Waals surface area (Å²) in [5, 5.41) is 9.46. The molecule has 6 heteroatoms. The van der Waals surface area contributed by atoms with Crippen molar-refractivity contribution < 1.29 is 4.39 Å². The van der Waals surface area contributed by atoms with Crippen LogP contribution in [0, 0.1) is 5.82 Å². The number of nitrogens with zero attached hydrogens (tertiary/aromatic N) is 1. The molecule has 0 aliphatic carbocycles. The van der Waals surface area contributed by atoms with Gasteiger partial charge in [-0.2, -0.15) is 0 Å². The molecule has 1 aromatic carbocycles. The Labute approximate surface area is 163 Å². The molecule has 4 rings (SSSR count). The van der Waals surface area contributed by atoms with Crippen molar-refractivity contribution in [3.8, 4) is 0 Å². The lowest BCUT2D eigenvalue weighted by molar-refractivity contribution is 0.0220. The van der Waals surface area contributed by atoms with Gasteiger partial charge in [0, 0.05) is 35.2 Å². The molecule has 1 aromatic heterocycles. The Morgan fingerprint density at radius 2 is 1.88 bits per heavy atom. The van der Waals surface area contributed by atoms with Crippen LogP contribution < -0.4 is 10.6 Å². The molecule has 2 aliphatic rings. The van der Waals surface area contributed by atoms with E-state index in [1.165, 1.54) is 36.3 Å². The Hall–Kier alpha value is -1.50. The molecular formula is C20H24FN3S2. The van der Waals surface area contributed by atoms with Gasteiger partial charge in [-0.1, -0.05) is 12.5 Å². The summed E-state index contributed by atoms with van der Waals surface area (Å²) in [6, 6.07) is 12.4. The molecule has 2 N–H and O–H groups in total. The molecule has 0 spiro atoms. The largest absolute Gasteiger partial charge is 0.360 e. The average molecular weight is 390 g/mol. The van der Waals surface area contributed by atoms with Gasteiger partial charge in [0.1, 0.15) is 5.82 Å². The van der Waals surface area contributed by atoms with Crippen LogP contribution in [0.4, 0.5) is 10.1 Å². The number of anilines is 1. The lowest BCUT2D eigenvalue weighted by atomic mass is 9.81. The van der Waals surface area contributed by atoms with Crippen LogP contribution in [0.2, 0.25) is 0 Å². The van der Waals surface area contributed by atoms with Crippen molar-refractivity contribution >= 4 is 34.4 Å². The van der Waals surface area contributed by atoms with Crippen LogP contribution in [0.3, 0.4) is 0 Å². The number of piperidine rings is 2. The number of hydrogen-bond donors (Lipinski definition) is 2. The number of halogens is 1. The SMILES string of the molecule is Fc1ccc(NC(=S)NC2C[C@H]3CCC[C@H](C2)N3Cc2cccs2)cc1. The van der Waals surface area contributed by atoms with Gasteiger partial charge in [-0.25, -0.2) is 4.39 Å². The number of hydrogen-bond acceptors (Lipinski definition) is 3. The van der Waals surface area contributed by atoms with E-state index in [2.05, 4.69) is 33.0 Å². The molecule has 0 unspecified atom stereocenters. The van der Waals surface area contributed by atoms with Crippen molar-refractivity contribution in [2.24, 2.45) is 0 Å². The molecule has 2 saturated heterocycles. The molecule has 0 radical (unpaired) electrons. The number of nitrogens with one attached hydrogen (secondary N) is 2. The summed E-state index contributed by atoms with van der Waals surface area (Å²) in [4.78, 5) is 4.17. The zero-order valence-electron chi connectivity index (χ0n) is 14.7. The Kier molecular flexibility index (Phi) is 5.52. The lowest BCUT2D eigenvalue weighted by Gasteiger charge is -2.49. The Morgan fingerprint density at radius 1 is 1.15 bits per heavy atom. The van der Waals surface area contributed by atoms with E-state index in [4.69, 9.17) is 12.2 Å². The van der Waals surface area contributed by atoms with Crippen molar-refractivity contribution in [3.05, 3.63) is 52.5 Å². The van der Waals surface area contributed by atoms with Crippen LogP contribution in [0.25, 0.3) is 0 Å². The lowest BCUT2D eigenvalue weighted by Crippen LogP contribution is -2.56.